The molecule has 2 saturated heterocycles. The third-order valence-electron chi connectivity index (χ3n) is 7.39. The molecule has 0 N–H and O–H groups in total. The maximum absolute atomic E-state index is 14.4. The normalized spacial score (nSPS) is 24.5. The Balaban J connectivity index is 1.37. The molecule has 182 valence electrons. The maximum atomic E-state index is 14.4. The summed E-state index contributed by atoms with van der Waals surface area (Å²) in [5, 5.41) is 1.66. The minimum atomic E-state index is -1.15. The third kappa shape index (κ3) is 3.01. The number of carbonyl (C=O) groups excluding carboxylic acids is 2. The summed E-state index contributed by atoms with van der Waals surface area (Å²) < 4.78 is 11.6. The highest BCUT2D eigenvalue weighted by molar-refractivity contribution is 8.03. The second-order valence-electron chi connectivity index (χ2n) is 9.48. The average Bonchev–Trinajstić information content (AvgIpc) is 3.49. The number of rotatable bonds is 3. The van der Waals surface area contributed by atoms with E-state index in [1.807, 2.05) is 78.6 Å². The number of hydrogen-bond donors (Lipinski definition) is 0. The summed E-state index contributed by atoms with van der Waals surface area (Å²) in [7, 11) is 0. The van der Waals surface area contributed by atoms with E-state index >= 15 is 0 Å². The minimum Gasteiger partial charge on any atom is -0.456 e. The van der Waals surface area contributed by atoms with Crippen LogP contribution in [0, 0.1) is 0 Å². The highest BCUT2D eigenvalue weighted by atomic mass is 32.2. The number of furan rings is 1. The lowest BCUT2D eigenvalue weighted by Gasteiger charge is -2.34. The Bertz CT molecular complexity index is 1530. The minimum absolute atomic E-state index is 0.0770. The Hall–Kier alpha value is -3.33. The number of ether oxygens (including phenoxy) is 1. The van der Waals surface area contributed by atoms with Crippen LogP contribution >= 0.6 is 11.8 Å². The Morgan fingerprint density at radius 2 is 1.69 bits per heavy atom. The number of fused-ring (bicyclic) bond motifs is 5. The number of hydrogen-bond acceptors (Lipinski definition) is 6. The van der Waals surface area contributed by atoms with Crippen LogP contribution in [0.2, 0.25) is 0 Å². The molecule has 2 amide bonds. The van der Waals surface area contributed by atoms with Crippen molar-refractivity contribution in [1.29, 1.82) is 0 Å². The van der Waals surface area contributed by atoms with Crippen LogP contribution in [0.1, 0.15) is 12.5 Å². The van der Waals surface area contributed by atoms with Crippen LogP contribution in [0.25, 0.3) is 21.9 Å². The Morgan fingerprint density at radius 1 is 0.944 bits per heavy atom. The number of para-hydroxylation sites is 2. The largest absolute Gasteiger partial charge is 0.456 e. The molecule has 7 nitrogen and oxygen atoms in total. The topological polar surface area (TPSA) is 66.2 Å². The van der Waals surface area contributed by atoms with Gasteiger partial charge in [0.2, 0.25) is 10.8 Å². The van der Waals surface area contributed by atoms with Crippen LogP contribution in [-0.2, 0) is 19.2 Å². The highest BCUT2D eigenvalue weighted by Crippen LogP contribution is 2.58. The quantitative estimate of drug-likeness (QED) is 0.412. The summed E-state index contributed by atoms with van der Waals surface area (Å²) >= 11 is 1.42. The van der Waals surface area contributed by atoms with Gasteiger partial charge in [0.25, 0.3) is 5.91 Å². The van der Waals surface area contributed by atoms with E-state index in [0.29, 0.717) is 31.2 Å². The molecular formula is C28H25N3O4S. The van der Waals surface area contributed by atoms with Crippen molar-refractivity contribution in [2.24, 2.45) is 0 Å². The lowest BCUT2D eigenvalue weighted by Crippen LogP contribution is -2.52. The molecule has 8 heteroatoms. The molecule has 3 aliphatic rings. The van der Waals surface area contributed by atoms with Crippen molar-refractivity contribution in [3.05, 3.63) is 72.3 Å². The summed E-state index contributed by atoms with van der Waals surface area (Å²) in [6, 6.07) is 21.6. The molecule has 1 aromatic heterocycles. The van der Waals surface area contributed by atoms with Gasteiger partial charge in [-0.15, -0.1) is 11.8 Å². The molecule has 2 atom stereocenters. The van der Waals surface area contributed by atoms with Gasteiger partial charge in [-0.25, -0.2) is 0 Å². The zero-order valence-corrected chi connectivity index (χ0v) is 20.7. The first kappa shape index (κ1) is 21.9. The fourth-order valence-corrected chi connectivity index (χ4v) is 7.20. The molecule has 0 bridgehead atoms. The smallest absolute Gasteiger partial charge is 0.269 e. The van der Waals surface area contributed by atoms with Gasteiger partial charge in [-0.3, -0.25) is 24.3 Å². The molecule has 0 saturated carbocycles. The number of carbonyl (C=O) groups is 2. The van der Waals surface area contributed by atoms with Gasteiger partial charge in [0.05, 0.1) is 30.8 Å². The van der Waals surface area contributed by atoms with E-state index in [1.54, 1.807) is 4.90 Å². The Labute approximate surface area is 212 Å². The van der Waals surface area contributed by atoms with Crippen molar-refractivity contribution in [3.63, 3.8) is 0 Å². The van der Waals surface area contributed by atoms with E-state index in [-0.39, 0.29) is 17.1 Å². The lowest BCUT2D eigenvalue weighted by atomic mass is 10.0. The van der Waals surface area contributed by atoms with Crippen molar-refractivity contribution in [2.45, 2.75) is 17.0 Å². The van der Waals surface area contributed by atoms with Crippen molar-refractivity contribution in [1.82, 2.24) is 4.90 Å². The molecule has 36 heavy (non-hydrogen) atoms. The predicted octanol–water partition coefficient (Wildman–Crippen LogP) is 4.54. The molecule has 3 aliphatic heterocycles. The van der Waals surface area contributed by atoms with Gasteiger partial charge < -0.3 is 9.15 Å². The van der Waals surface area contributed by atoms with Crippen molar-refractivity contribution < 1.29 is 18.7 Å². The van der Waals surface area contributed by atoms with E-state index in [0.717, 1.165) is 40.7 Å². The summed E-state index contributed by atoms with van der Waals surface area (Å²) in [6.07, 6.45) is 0. The van der Waals surface area contributed by atoms with Gasteiger partial charge in [-0.1, -0.05) is 36.4 Å². The van der Waals surface area contributed by atoms with E-state index in [9.17, 15) is 9.59 Å². The SMILES string of the molecule is CC1SC2(C(=O)N(CN3CCOCC3)c3ccccc32)N(c2ccc3c(c2)oc2ccccc23)C1=O. The second-order valence-corrected chi connectivity index (χ2v) is 11.0. The van der Waals surface area contributed by atoms with Crippen molar-refractivity contribution >= 4 is 56.9 Å². The number of amides is 2. The molecule has 7 rings (SSSR count). The molecule has 3 aromatic carbocycles. The molecule has 2 fully saturated rings. The highest BCUT2D eigenvalue weighted by Gasteiger charge is 2.63. The van der Waals surface area contributed by atoms with Crippen LogP contribution in [0.4, 0.5) is 11.4 Å². The Morgan fingerprint density at radius 3 is 2.56 bits per heavy atom. The van der Waals surface area contributed by atoms with Crippen LogP contribution in [0.3, 0.4) is 0 Å². The van der Waals surface area contributed by atoms with Crippen LogP contribution < -0.4 is 9.80 Å². The summed E-state index contributed by atoms with van der Waals surface area (Å²) in [5.41, 5.74) is 3.88. The summed E-state index contributed by atoms with van der Waals surface area (Å²) in [5.74, 6) is -0.158. The Kier molecular flexibility index (Phi) is 4.93. The number of thioether (sulfide) groups is 1. The number of benzene rings is 3. The first-order valence-electron chi connectivity index (χ1n) is 12.2. The summed E-state index contributed by atoms with van der Waals surface area (Å²) in [4.78, 5) is 32.7. The van der Waals surface area contributed by atoms with Gasteiger partial charge in [0.15, 0.2) is 0 Å². The molecular weight excluding hydrogens is 474 g/mol. The number of nitrogens with zero attached hydrogens (tertiary/aromatic N) is 3. The van der Waals surface area contributed by atoms with Crippen LogP contribution in [0.5, 0.6) is 0 Å². The predicted molar refractivity (Wildman–Crippen MR) is 141 cm³/mol. The van der Waals surface area contributed by atoms with E-state index < -0.39 is 4.87 Å². The molecule has 4 heterocycles. The van der Waals surface area contributed by atoms with Gasteiger partial charge in [-0.2, -0.15) is 0 Å². The molecule has 1 spiro atoms. The maximum Gasteiger partial charge on any atom is 0.269 e. The van der Waals surface area contributed by atoms with E-state index in [4.69, 9.17) is 9.15 Å². The lowest BCUT2D eigenvalue weighted by molar-refractivity contribution is -0.124. The van der Waals surface area contributed by atoms with E-state index in [1.165, 1.54) is 11.8 Å². The molecule has 2 unspecified atom stereocenters. The first-order chi connectivity index (χ1) is 17.6. The zero-order chi connectivity index (χ0) is 24.4. The first-order valence-corrected chi connectivity index (χ1v) is 13.1. The zero-order valence-electron chi connectivity index (χ0n) is 19.8. The standard InChI is InChI=1S/C28H25N3O4S/c1-18-26(32)31(19-10-11-21-20-6-2-5-9-24(20)35-25(21)16-19)28(36-18)22-7-3-4-8-23(22)30(27(28)33)17-29-12-14-34-15-13-29/h2-11,16,18H,12-15,17H2,1H3. The van der Waals surface area contributed by atoms with Gasteiger partial charge >= 0.3 is 0 Å². The second kappa shape index (κ2) is 8.09. The van der Waals surface area contributed by atoms with Gasteiger partial charge in [0, 0.05) is 41.2 Å². The van der Waals surface area contributed by atoms with Crippen LogP contribution in [-0.4, -0.2) is 54.9 Å². The summed E-state index contributed by atoms with van der Waals surface area (Å²) in [6.45, 7) is 5.21. The van der Waals surface area contributed by atoms with Crippen molar-refractivity contribution in [3.8, 4) is 0 Å². The third-order valence-corrected chi connectivity index (χ3v) is 8.86. The average molecular weight is 500 g/mol. The number of morpholine rings is 1. The van der Waals surface area contributed by atoms with Gasteiger partial charge in [-0.05, 0) is 31.2 Å². The molecule has 0 aliphatic carbocycles. The van der Waals surface area contributed by atoms with Crippen LogP contribution in [0.15, 0.2) is 71.1 Å². The van der Waals surface area contributed by atoms with Gasteiger partial charge in [0.1, 0.15) is 11.2 Å². The monoisotopic (exact) mass is 499 g/mol. The molecule has 4 aromatic rings. The number of anilines is 2. The fourth-order valence-electron chi connectivity index (χ4n) is 5.67. The fraction of sp³-hybridized carbons (Fsp3) is 0.286. The van der Waals surface area contributed by atoms with Crippen molar-refractivity contribution in [2.75, 3.05) is 42.8 Å². The molecule has 0 radical (unpaired) electrons. The van der Waals surface area contributed by atoms with E-state index in [2.05, 4.69) is 4.90 Å².